The fourth-order valence-electron chi connectivity index (χ4n) is 4.31. The fourth-order valence-corrected chi connectivity index (χ4v) is 4.70. The number of esters is 1. The van der Waals surface area contributed by atoms with Crippen molar-refractivity contribution >= 4 is 34.1 Å². The molecule has 0 aliphatic carbocycles. The van der Waals surface area contributed by atoms with Crippen LogP contribution < -0.4 is 14.8 Å². The summed E-state index contributed by atoms with van der Waals surface area (Å²) >= 11 is 3.50. The van der Waals surface area contributed by atoms with Gasteiger partial charge < -0.3 is 24.3 Å². The molecule has 0 aliphatic heterocycles. The third-order valence-electron chi connectivity index (χ3n) is 6.42. The van der Waals surface area contributed by atoms with Crippen LogP contribution in [-0.2, 0) is 33.9 Å². The molecule has 0 aliphatic rings. The van der Waals surface area contributed by atoms with Crippen LogP contribution in [0.1, 0.15) is 43.0 Å². The molecule has 0 heterocycles. The van der Waals surface area contributed by atoms with E-state index in [4.69, 9.17) is 18.9 Å². The van der Waals surface area contributed by atoms with E-state index >= 15 is 0 Å². The van der Waals surface area contributed by atoms with Crippen molar-refractivity contribution in [1.29, 1.82) is 0 Å². The molecule has 0 saturated heterocycles. The minimum absolute atomic E-state index is 0.0811. The minimum atomic E-state index is -0.973. The molecule has 234 valence electrons. The molecule has 4 aromatic carbocycles. The Morgan fingerprint density at radius 1 is 0.778 bits per heavy atom. The van der Waals surface area contributed by atoms with E-state index in [1.807, 2.05) is 115 Å². The number of carbonyl (C=O) groups excluding carboxylic acids is 2. The molecule has 0 aromatic heterocycles. The number of rotatable bonds is 13. The maximum Gasteiger partial charge on any atom is 0.408 e. The fraction of sp³-hybridized carbons (Fsp3) is 0.243. The zero-order valence-corrected chi connectivity index (χ0v) is 27.3. The van der Waals surface area contributed by atoms with Gasteiger partial charge in [0.05, 0.1) is 4.47 Å². The van der Waals surface area contributed by atoms with Crippen LogP contribution >= 0.6 is 15.9 Å². The van der Waals surface area contributed by atoms with Crippen molar-refractivity contribution < 1.29 is 28.5 Å². The third kappa shape index (κ3) is 11.5. The molecule has 0 fully saturated rings. The first kappa shape index (κ1) is 33.3. The van der Waals surface area contributed by atoms with Gasteiger partial charge in [-0.15, -0.1) is 0 Å². The molecular weight excluding hydrogens is 634 g/mol. The number of nitrogens with one attached hydrogen (secondary N) is 1. The van der Waals surface area contributed by atoms with E-state index in [2.05, 4.69) is 21.2 Å². The Bertz CT molecular complexity index is 1570. The van der Waals surface area contributed by atoms with Crippen LogP contribution in [0.15, 0.2) is 114 Å². The average Bonchev–Trinajstić information content (AvgIpc) is 3.02. The molecule has 7 nitrogen and oxygen atoms in total. The van der Waals surface area contributed by atoms with E-state index in [-0.39, 0.29) is 13.0 Å². The molecule has 4 rings (SSSR count). The molecule has 45 heavy (non-hydrogen) atoms. The van der Waals surface area contributed by atoms with Gasteiger partial charge in [0.15, 0.2) is 0 Å². The van der Waals surface area contributed by atoms with Crippen LogP contribution in [0.25, 0.3) is 6.08 Å². The lowest BCUT2D eigenvalue weighted by molar-refractivity contribution is -0.157. The predicted octanol–water partition coefficient (Wildman–Crippen LogP) is 8.30. The Kier molecular flexibility index (Phi) is 12.2. The second-order valence-electron chi connectivity index (χ2n) is 11.3. The number of carbonyl (C=O) groups is 2. The number of hydrogen-bond donors (Lipinski definition) is 1. The predicted molar refractivity (Wildman–Crippen MR) is 179 cm³/mol. The third-order valence-corrected chi connectivity index (χ3v) is 7.07. The van der Waals surface area contributed by atoms with E-state index < -0.39 is 23.7 Å². The summed E-state index contributed by atoms with van der Waals surface area (Å²) < 4.78 is 24.0. The molecule has 8 heteroatoms. The second kappa shape index (κ2) is 16.5. The van der Waals surface area contributed by atoms with Gasteiger partial charge in [-0.05, 0) is 83.7 Å². The molecule has 0 unspecified atom stereocenters. The second-order valence-corrected chi connectivity index (χ2v) is 12.1. The molecule has 0 spiro atoms. The quantitative estimate of drug-likeness (QED) is 0.144. The van der Waals surface area contributed by atoms with Gasteiger partial charge in [0.2, 0.25) is 0 Å². The maximum absolute atomic E-state index is 13.2. The Morgan fingerprint density at radius 3 is 2.09 bits per heavy atom. The SMILES string of the molecule is CC(C)(C)OC(=O)[C@H](Cc1ccc(OCc2ccccc2)c(/C=C/COc2ccccc2Br)c1)NC(=O)OCc1ccccc1. The van der Waals surface area contributed by atoms with Crippen LogP contribution in [0.5, 0.6) is 11.5 Å². The van der Waals surface area contributed by atoms with E-state index in [0.717, 1.165) is 32.5 Å². The van der Waals surface area contributed by atoms with Crippen LogP contribution in [0.3, 0.4) is 0 Å². The summed E-state index contributed by atoms with van der Waals surface area (Å²) in [6.07, 6.45) is 3.30. The van der Waals surface area contributed by atoms with E-state index in [1.54, 1.807) is 20.8 Å². The van der Waals surface area contributed by atoms with Crippen LogP contribution in [0.4, 0.5) is 4.79 Å². The number of hydrogen-bond acceptors (Lipinski definition) is 6. The summed E-state index contributed by atoms with van der Waals surface area (Å²) in [5.74, 6) is 0.855. The normalized spacial score (nSPS) is 11.9. The van der Waals surface area contributed by atoms with Gasteiger partial charge in [-0.3, -0.25) is 0 Å². The van der Waals surface area contributed by atoms with Crippen molar-refractivity contribution in [3.8, 4) is 11.5 Å². The van der Waals surface area contributed by atoms with Crippen molar-refractivity contribution in [3.05, 3.63) is 136 Å². The van der Waals surface area contributed by atoms with E-state index in [1.165, 1.54) is 0 Å². The zero-order valence-electron chi connectivity index (χ0n) is 25.7. The highest BCUT2D eigenvalue weighted by atomic mass is 79.9. The Balaban J connectivity index is 1.52. The lowest BCUT2D eigenvalue weighted by Crippen LogP contribution is -2.45. The van der Waals surface area contributed by atoms with Gasteiger partial charge >= 0.3 is 12.1 Å². The first-order valence-electron chi connectivity index (χ1n) is 14.7. The van der Waals surface area contributed by atoms with Crippen molar-refractivity contribution in [1.82, 2.24) is 5.32 Å². The topological polar surface area (TPSA) is 83.1 Å². The summed E-state index contributed by atoms with van der Waals surface area (Å²) in [4.78, 5) is 26.0. The number of ether oxygens (including phenoxy) is 4. The van der Waals surface area contributed by atoms with Crippen LogP contribution in [-0.4, -0.2) is 30.3 Å². The van der Waals surface area contributed by atoms with Crippen molar-refractivity contribution in [2.75, 3.05) is 6.61 Å². The monoisotopic (exact) mass is 671 g/mol. The van der Waals surface area contributed by atoms with E-state index in [0.29, 0.717) is 19.0 Å². The largest absolute Gasteiger partial charge is 0.488 e. The summed E-state index contributed by atoms with van der Waals surface area (Å²) in [6.45, 7) is 6.16. The average molecular weight is 673 g/mol. The Labute approximate surface area is 273 Å². The first-order valence-corrected chi connectivity index (χ1v) is 15.5. The molecule has 1 N–H and O–H groups in total. The first-order chi connectivity index (χ1) is 21.7. The van der Waals surface area contributed by atoms with Gasteiger partial charge in [-0.2, -0.15) is 0 Å². The van der Waals surface area contributed by atoms with Gasteiger partial charge in [0.1, 0.15) is 43.0 Å². The summed E-state index contributed by atoms with van der Waals surface area (Å²) in [5.41, 5.74) is 2.74. The Hall–Kier alpha value is -4.56. The molecular formula is C37H38BrNO6. The lowest BCUT2D eigenvalue weighted by Gasteiger charge is -2.24. The van der Waals surface area contributed by atoms with Crippen LogP contribution in [0.2, 0.25) is 0 Å². The van der Waals surface area contributed by atoms with Gasteiger partial charge in [-0.1, -0.05) is 84.9 Å². The number of alkyl carbamates (subject to hydrolysis) is 1. The molecule has 1 atom stereocenters. The minimum Gasteiger partial charge on any atom is -0.488 e. The number of halogens is 1. The van der Waals surface area contributed by atoms with Gasteiger partial charge in [0.25, 0.3) is 0 Å². The highest BCUT2D eigenvalue weighted by Crippen LogP contribution is 2.26. The summed E-state index contributed by atoms with van der Waals surface area (Å²) in [5, 5.41) is 2.71. The Morgan fingerprint density at radius 2 is 1.42 bits per heavy atom. The standard InChI is InChI=1S/C37H38BrNO6/c1-37(2,3)45-35(40)32(39-36(41)44-26-28-15-8-5-9-16-28)24-29-20-21-33(43-25-27-13-6-4-7-14-27)30(23-29)17-12-22-42-34-19-11-10-18-31(34)38/h4-21,23,32H,22,24-26H2,1-3H3,(H,39,41)/b17-12+/t32-/m0/s1. The molecule has 4 aromatic rings. The van der Waals surface area contributed by atoms with Crippen molar-refractivity contribution in [2.45, 2.75) is 52.0 Å². The highest BCUT2D eigenvalue weighted by molar-refractivity contribution is 9.10. The number of para-hydroxylation sites is 1. The van der Waals surface area contributed by atoms with Crippen molar-refractivity contribution in [2.24, 2.45) is 0 Å². The highest BCUT2D eigenvalue weighted by Gasteiger charge is 2.28. The van der Waals surface area contributed by atoms with Gasteiger partial charge in [-0.25, -0.2) is 9.59 Å². The van der Waals surface area contributed by atoms with E-state index in [9.17, 15) is 9.59 Å². The molecule has 0 radical (unpaired) electrons. The van der Waals surface area contributed by atoms with Crippen molar-refractivity contribution in [3.63, 3.8) is 0 Å². The summed E-state index contributed by atoms with van der Waals surface area (Å²) in [7, 11) is 0. The maximum atomic E-state index is 13.2. The van der Waals surface area contributed by atoms with Crippen LogP contribution in [0, 0.1) is 0 Å². The zero-order chi connectivity index (χ0) is 32.1. The van der Waals surface area contributed by atoms with Gasteiger partial charge in [0, 0.05) is 12.0 Å². The molecule has 0 saturated carbocycles. The smallest absolute Gasteiger partial charge is 0.408 e. The number of amides is 1. The lowest BCUT2D eigenvalue weighted by atomic mass is 10.0. The molecule has 1 amide bonds. The summed E-state index contributed by atoms with van der Waals surface area (Å²) in [6, 6.07) is 31.6. The molecule has 0 bridgehead atoms. The number of benzene rings is 4.